The van der Waals surface area contributed by atoms with Crippen LogP contribution < -0.4 is 16.2 Å². The van der Waals surface area contributed by atoms with Crippen molar-refractivity contribution >= 4 is 22.6 Å². The molecular weight excluding hydrogens is 346 g/mol. The van der Waals surface area contributed by atoms with E-state index in [4.69, 9.17) is 0 Å². The van der Waals surface area contributed by atoms with Crippen molar-refractivity contribution in [1.82, 2.24) is 25.8 Å². The Hall–Kier alpha value is -3.55. The van der Waals surface area contributed by atoms with Crippen molar-refractivity contribution < 1.29 is 9.59 Å². The van der Waals surface area contributed by atoms with E-state index < -0.39 is 6.04 Å². The lowest BCUT2D eigenvalue weighted by Gasteiger charge is -2.14. The van der Waals surface area contributed by atoms with Crippen LogP contribution in [0.25, 0.3) is 10.8 Å². The molecule has 0 fully saturated rings. The summed E-state index contributed by atoms with van der Waals surface area (Å²) in [6.07, 6.45) is 3.25. The number of hydrogen-bond acceptors (Lipinski definition) is 5. The summed E-state index contributed by atoms with van der Waals surface area (Å²) in [5, 5.41) is 12.9. The number of carbonyl (C=O) groups is 2. The molecule has 0 radical (unpaired) electrons. The van der Waals surface area contributed by atoms with Crippen LogP contribution >= 0.6 is 0 Å². The van der Waals surface area contributed by atoms with Crippen molar-refractivity contribution in [1.29, 1.82) is 0 Å². The Balaban J connectivity index is 1.60. The van der Waals surface area contributed by atoms with E-state index in [9.17, 15) is 14.4 Å². The van der Waals surface area contributed by atoms with Gasteiger partial charge in [-0.15, -0.1) is 0 Å². The Morgan fingerprint density at radius 1 is 1.11 bits per heavy atom. The summed E-state index contributed by atoms with van der Waals surface area (Å²) in [4.78, 5) is 40.2. The number of benzene rings is 1. The normalized spacial score (nSPS) is 11.7. The van der Waals surface area contributed by atoms with Gasteiger partial charge in [0.05, 0.1) is 17.5 Å². The zero-order valence-corrected chi connectivity index (χ0v) is 14.7. The standard InChI is InChI=1S/C19H19N5O3/c1-12(18(26)21-11-13-6-8-20-9-7-13)22-17(25)10-16-14-4-2-3-5-15(14)19(27)24-23-16/h2-9,12H,10-11H2,1H3,(H,21,26)(H,22,25)(H,24,27)/t12-/m1/s1. The van der Waals surface area contributed by atoms with Crippen LogP contribution in [0.5, 0.6) is 0 Å². The summed E-state index contributed by atoms with van der Waals surface area (Å²) >= 11 is 0. The van der Waals surface area contributed by atoms with Gasteiger partial charge in [0.25, 0.3) is 5.56 Å². The number of nitrogens with zero attached hydrogens (tertiary/aromatic N) is 2. The SMILES string of the molecule is C[C@@H](NC(=O)Cc1n[nH]c(=O)c2ccccc12)C(=O)NCc1ccncc1. The van der Waals surface area contributed by atoms with E-state index in [1.54, 1.807) is 55.7 Å². The van der Waals surface area contributed by atoms with Crippen molar-refractivity contribution in [2.45, 2.75) is 25.9 Å². The largest absolute Gasteiger partial charge is 0.350 e. The van der Waals surface area contributed by atoms with Crippen molar-refractivity contribution in [2.24, 2.45) is 0 Å². The number of aromatic amines is 1. The fourth-order valence-electron chi connectivity index (χ4n) is 2.66. The first-order valence-electron chi connectivity index (χ1n) is 8.47. The lowest BCUT2D eigenvalue weighted by Crippen LogP contribution is -2.45. The third-order valence-corrected chi connectivity index (χ3v) is 4.09. The van der Waals surface area contributed by atoms with Crippen molar-refractivity contribution in [3.63, 3.8) is 0 Å². The first-order valence-corrected chi connectivity index (χ1v) is 8.47. The fraction of sp³-hybridized carbons (Fsp3) is 0.211. The highest BCUT2D eigenvalue weighted by molar-refractivity contribution is 5.91. The molecule has 1 aromatic carbocycles. The minimum atomic E-state index is -0.701. The molecule has 8 heteroatoms. The van der Waals surface area contributed by atoms with Gasteiger partial charge in [0.2, 0.25) is 11.8 Å². The van der Waals surface area contributed by atoms with E-state index in [-0.39, 0.29) is 23.8 Å². The van der Waals surface area contributed by atoms with Crippen molar-refractivity contribution in [2.75, 3.05) is 0 Å². The monoisotopic (exact) mass is 365 g/mol. The number of pyridine rings is 1. The van der Waals surface area contributed by atoms with Gasteiger partial charge in [0.1, 0.15) is 6.04 Å². The molecule has 0 saturated carbocycles. The molecular formula is C19H19N5O3. The summed E-state index contributed by atoms with van der Waals surface area (Å²) in [6.45, 7) is 1.96. The minimum Gasteiger partial charge on any atom is -0.350 e. The van der Waals surface area contributed by atoms with Crippen LogP contribution in [0.15, 0.2) is 53.6 Å². The van der Waals surface area contributed by atoms with Gasteiger partial charge >= 0.3 is 0 Å². The number of H-pyrrole nitrogens is 1. The molecule has 3 aromatic rings. The second-order valence-electron chi connectivity index (χ2n) is 6.08. The third kappa shape index (κ3) is 4.55. The van der Waals surface area contributed by atoms with E-state index in [1.807, 2.05) is 0 Å². The topological polar surface area (TPSA) is 117 Å². The molecule has 2 heterocycles. The summed E-state index contributed by atoms with van der Waals surface area (Å²) in [5.74, 6) is -0.647. The van der Waals surface area contributed by atoms with E-state index in [0.717, 1.165) is 5.56 Å². The average Bonchev–Trinajstić information content (AvgIpc) is 2.69. The van der Waals surface area contributed by atoms with Crippen LogP contribution in [-0.4, -0.2) is 33.0 Å². The molecule has 3 rings (SSSR count). The summed E-state index contributed by atoms with van der Waals surface area (Å²) in [5.41, 5.74) is 1.06. The summed E-state index contributed by atoms with van der Waals surface area (Å²) in [7, 11) is 0. The van der Waals surface area contributed by atoms with Crippen LogP contribution in [0.4, 0.5) is 0 Å². The summed E-state index contributed by atoms with van der Waals surface area (Å²) in [6, 6.07) is 9.84. The number of nitrogens with one attached hydrogen (secondary N) is 3. The molecule has 0 aliphatic rings. The molecule has 0 saturated heterocycles. The Morgan fingerprint density at radius 3 is 2.56 bits per heavy atom. The molecule has 27 heavy (non-hydrogen) atoms. The molecule has 0 spiro atoms. The first-order chi connectivity index (χ1) is 13.0. The maximum Gasteiger partial charge on any atom is 0.272 e. The van der Waals surface area contributed by atoms with Gasteiger partial charge in [-0.05, 0) is 30.7 Å². The molecule has 3 N–H and O–H groups in total. The quantitative estimate of drug-likeness (QED) is 0.594. The van der Waals surface area contributed by atoms with Gasteiger partial charge in [0.15, 0.2) is 0 Å². The zero-order valence-electron chi connectivity index (χ0n) is 14.7. The lowest BCUT2D eigenvalue weighted by molar-refractivity contribution is -0.128. The van der Waals surface area contributed by atoms with Gasteiger partial charge < -0.3 is 10.6 Å². The fourth-order valence-corrected chi connectivity index (χ4v) is 2.66. The number of rotatable bonds is 6. The number of carbonyl (C=O) groups excluding carboxylic acids is 2. The van der Waals surface area contributed by atoms with E-state index in [0.29, 0.717) is 23.0 Å². The average molecular weight is 365 g/mol. The number of fused-ring (bicyclic) bond motifs is 1. The molecule has 2 amide bonds. The number of aromatic nitrogens is 3. The maximum absolute atomic E-state index is 12.3. The molecule has 2 aromatic heterocycles. The van der Waals surface area contributed by atoms with Gasteiger partial charge in [-0.2, -0.15) is 5.10 Å². The zero-order chi connectivity index (χ0) is 19.2. The highest BCUT2D eigenvalue weighted by Gasteiger charge is 2.17. The highest BCUT2D eigenvalue weighted by atomic mass is 16.2. The molecule has 0 aliphatic carbocycles. The van der Waals surface area contributed by atoms with E-state index in [2.05, 4.69) is 25.8 Å². The van der Waals surface area contributed by atoms with Gasteiger partial charge in [-0.25, -0.2) is 5.10 Å². The Morgan fingerprint density at radius 2 is 1.81 bits per heavy atom. The smallest absolute Gasteiger partial charge is 0.272 e. The summed E-state index contributed by atoms with van der Waals surface area (Å²) < 4.78 is 0. The molecule has 138 valence electrons. The molecule has 8 nitrogen and oxygen atoms in total. The van der Waals surface area contributed by atoms with Crippen LogP contribution in [0.1, 0.15) is 18.2 Å². The predicted octanol–water partition coefficient (Wildman–Crippen LogP) is 0.682. The van der Waals surface area contributed by atoms with E-state index >= 15 is 0 Å². The molecule has 0 bridgehead atoms. The second kappa shape index (κ2) is 8.22. The van der Waals surface area contributed by atoms with Crippen LogP contribution in [0, 0.1) is 0 Å². The van der Waals surface area contributed by atoms with Crippen LogP contribution in [0.3, 0.4) is 0 Å². The third-order valence-electron chi connectivity index (χ3n) is 4.09. The Labute approximate surface area is 155 Å². The van der Waals surface area contributed by atoms with Crippen LogP contribution in [-0.2, 0) is 22.6 Å². The first kappa shape index (κ1) is 18.2. The van der Waals surface area contributed by atoms with Gasteiger partial charge in [-0.3, -0.25) is 19.4 Å². The number of amides is 2. The maximum atomic E-state index is 12.3. The Bertz CT molecular complexity index is 1020. The molecule has 0 unspecified atom stereocenters. The van der Waals surface area contributed by atoms with Crippen molar-refractivity contribution in [3.05, 3.63) is 70.4 Å². The van der Waals surface area contributed by atoms with Crippen molar-refractivity contribution in [3.8, 4) is 0 Å². The van der Waals surface area contributed by atoms with Gasteiger partial charge in [-0.1, -0.05) is 18.2 Å². The second-order valence-corrected chi connectivity index (χ2v) is 6.08. The molecule has 1 atom stereocenters. The van der Waals surface area contributed by atoms with Crippen LogP contribution in [0.2, 0.25) is 0 Å². The van der Waals surface area contributed by atoms with Gasteiger partial charge in [0, 0.05) is 24.3 Å². The Kier molecular flexibility index (Phi) is 5.55. The highest BCUT2D eigenvalue weighted by Crippen LogP contribution is 2.12. The molecule has 0 aliphatic heterocycles. The van der Waals surface area contributed by atoms with E-state index in [1.165, 1.54) is 0 Å². The minimum absolute atomic E-state index is 0.0424. The predicted molar refractivity (Wildman–Crippen MR) is 99.8 cm³/mol. The number of hydrogen-bond donors (Lipinski definition) is 3. The lowest BCUT2D eigenvalue weighted by atomic mass is 10.1.